The van der Waals surface area contributed by atoms with Crippen molar-refractivity contribution in [3.05, 3.63) is 48.7 Å². The van der Waals surface area contributed by atoms with E-state index in [1.165, 1.54) is 0 Å². The van der Waals surface area contributed by atoms with Crippen LogP contribution < -0.4 is 0 Å². The Kier molecular flexibility index (Phi) is 4.30. The van der Waals surface area contributed by atoms with Gasteiger partial charge in [0.05, 0.1) is 25.8 Å². The van der Waals surface area contributed by atoms with E-state index in [2.05, 4.69) is 25.1 Å². The van der Waals surface area contributed by atoms with Crippen LogP contribution in [0.1, 0.15) is 5.89 Å². The lowest BCUT2D eigenvalue weighted by atomic mass is 10.2. The smallest absolute Gasteiger partial charge is 0.241 e. The van der Waals surface area contributed by atoms with Crippen LogP contribution in [0.3, 0.4) is 0 Å². The molecular weight excluding hydrogens is 308 g/mol. The molecule has 124 valence electrons. The topological polar surface area (TPSA) is 82.1 Å². The fourth-order valence-corrected chi connectivity index (χ4v) is 2.76. The average Bonchev–Trinajstić information content (AvgIpc) is 3.28. The minimum atomic E-state index is 0.108. The lowest BCUT2D eigenvalue weighted by Gasteiger charge is -2.31. The van der Waals surface area contributed by atoms with Crippen LogP contribution in [0.15, 0.2) is 47.4 Å². The van der Waals surface area contributed by atoms with Gasteiger partial charge in [-0.25, -0.2) is 0 Å². The molecule has 4 heterocycles. The molecule has 8 nitrogen and oxygen atoms in total. The predicted molar refractivity (Wildman–Crippen MR) is 84.8 cm³/mol. The molecule has 4 rings (SSSR count). The number of nitrogens with zero attached hydrogens (tertiary/aromatic N) is 6. The molecule has 1 aliphatic rings. The highest BCUT2D eigenvalue weighted by atomic mass is 16.5. The lowest BCUT2D eigenvalue weighted by Crippen LogP contribution is -2.43. The minimum Gasteiger partial charge on any atom is -0.374 e. The average molecular weight is 326 g/mol. The summed E-state index contributed by atoms with van der Waals surface area (Å²) in [6.45, 7) is 3.69. The summed E-state index contributed by atoms with van der Waals surface area (Å²) in [6, 6.07) is 7.54. The van der Waals surface area contributed by atoms with Gasteiger partial charge in [0.25, 0.3) is 0 Å². The summed E-state index contributed by atoms with van der Waals surface area (Å²) in [5.41, 5.74) is 0.714. The summed E-state index contributed by atoms with van der Waals surface area (Å²) in [5.74, 6) is 1.11. The van der Waals surface area contributed by atoms with Gasteiger partial charge in [0.15, 0.2) is 0 Å². The van der Waals surface area contributed by atoms with Gasteiger partial charge in [-0.05, 0) is 18.2 Å². The standard InChI is InChI=1S/C16H18N6O2/c1-2-5-17-14(4-1)16-19-15(24-20-16)12-21-8-9-23-13(10-21)11-22-7-3-6-18-22/h1-7,13H,8-12H2/t13-/m1/s1. The molecule has 0 N–H and O–H groups in total. The van der Waals surface area contributed by atoms with Crippen molar-refractivity contribution in [1.29, 1.82) is 0 Å². The van der Waals surface area contributed by atoms with Crippen LogP contribution in [0.25, 0.3) is 11.5 Å². The summed E-state index contributed by atoms with van der Waals surface area (Å²) in [4.78, 5) is 10.9. The maximum atomic E-state index is 5.81. The molecule has 0 radical (unpaired) electrons. The number of rotatable bonds is 5. The first-order valence-electron chi connectivity index (χ1n) is 7.92. The minimum absolute atomic E-state index is 0.108. The molecule has 0 bridgehead atoms. The fourth-order valence-electron chi connectivity index (χ4n) is 2.76. The Labute approximate surface area is 139 Å². The fraction of sp³-hybridized carbons (Fsp3) is 0.375. The van der Waals surface area contributed by atoms with Crippen molar-refractivity contribution in [2.24, 2.45) is 0 Å². The Balaban J connectivity index is 1.37. The SMILES string of the molecule is c1ccc(-c2noc(CN3CCO[C@@H](Cn4cccn4)C3)n2)nc1. The molecule has 3 aromatic rings. The molecule has 1 saturated heterocycles. The number of ether oxygens (including phenoxy) is 1. The van der Waals surface area contributed by atoms with E-state index >= 15 is 0 Å². The second-order valence-electron chi connectivity index (χ2n) is 5.68. The zero-order chi connectivity index (χ0) is 16.2. The maximum absolute atomic E-state index is 5.81. The molecule has 8 heteroatoms. The normalized spacial score (nSPS) is 18.8. The van der Waals surface area contributed by atoms with E-state index in [1.807, 2.05) is 35.1 Å². The first-order chi connectivity index (χ1) is 11.9. The number of hydrogen-bond donors (Lipinski definition) is 0. The summed E-state index contributed by atoms with van der Waals surface area (Å²) in [5, 5.41) is 8.24. The van der Waals surface area contributed by atoms with E-state index in [4.69, 9.17) is 9.26 Å². The van der Waals surface area contributed by atoms with E-state index in [0.29, 0.717) is 30.6 Å². The summed E-state index contributed by atoms with van der Waals surface area (Å²) in [6.07, 6.45) is 5.54. The van der Waals surface area contributed by atoms with E-state index < -0.39 is 0 Å². The molecule has 0 aromatic carbocycles. The molecule has 0 unspecified atom stereocenters. The third-order valence-electron chi connectivity index (χ3n) is 3.89. The van der Waals surface area contributed by atoms with Crippen LogP contribution in [0.2, 0.25) is 0 Å². The lowest BCUT2D eigenvalue weighted by molar-refractivity contribution is -0.0426. The first-order valence-corrected chi connectivity index (χ1v) is 7.92. The molecule has 1 aliphatic heterocycles. The van der Waals surface area contributed by atoms with Crippen LogP contribution >= 0.6 is 0 Å². The Bertz CT molecular complexity index is 758. The highest BCUT2D eigenvalue weighted by Crippen LogP contribution is 2.15. The zero-order valence-corrected chi connectivity index (χ0v) is 13.2. The maximum Gasteiger partial charge on any atom is 0.241 e. The van der Waals surface area contributed by atoms with Gasteiger partial charge in [-0.3, -0.25) is 14.6 Å². The van der Waals surface area contributed by atoms with E-state index in [1.54, 1.807) is 12.4 Å². The second kappa shape index (κ2) is 6.90. The highest BCUT2D eigenvalue weighted by Gasteiger charge is 2.23. The monoisotopic (exact) mass is 326 g/mol. The van der Waals surface area contributed by atoms with Crippen molar-refractivity contribution < 1.29 is 9.26 Å². The van der Waals surface area contributed by atoms with E-state index in [9.17, 15) is 0 Å². The van der Waals surface area contributed by atoms with E-state index in [0.717, 1.165) is 19.6 Å². The third-order valence-corrected chi connectivity index (χ3v) is 3.89. The second-order valence-corrected chi connectivity index (χ2v) is 5.68. The molecule has 0 aliphatic carbocycles. The zero-order valence-electron chi connectivity index (χ0n) is 13.2. The molecule has 1 atom stereocenters. The van der Waals surface area contributed by atoms with Crippen molar-refractivity contribution in [3.8, 4) is 11.5 Å². The molecule has 1 fully saturated rings. The Morgan fingerprint density at radius 3 is 3.04 bits per heavy atom. The number of hydrogen-bond acceptors (Lipinski definition) is 7. The number of aromatic nitrogens is 5. The van der Waals surface area contributed by atoms with Gasteiger partial charge in [-0.1, -0.05) is 11.2 Å². The molecular formula is C16H18N6O2. The first kappa shape index (κ1) is 15.0. The Morgan fingerprint density at radius 2 is 2.21 bits per heavy atom. The van der Waals surface area contributed by atoms with E-state index in [-0.39, 0.29) is 6.10 Å². The molecule has 0 spiro atoms. The molecule has 24 heavy (non-hydrogen) atoms. The van der Waals surface area contributed by atoms with Crippen LogP contribution in [0, 0.1) is 0 Å². The van der Waals surface area contributed by atoms with Gasteiger partial charge in [0, 0.05) is 31.7 Å². The van der Waals surface area contributed by atoms with Gasteiger partial charge >= 0.3 is 0 Å². The van der Waals surface area contributed by atoms with Crippen LogP contribution in [0.4, 0.5) is 0 Å². The third kappa shape index (κ3) is 3.50. The largest absolute Gasteiger partial charge is 0.374 e. The Hall–Kier alpha value is -2.58. The van der Waals surface area contributed by atoms with Gasteiger partial charge < -0.3 is 9.26 Å². The quantitative estimate of drug-likeness (QED) is 0.697. The van der Waals surface area contributed by atoms with Crippen molar-refractivity contribution >= 4 is 0 Å². The highest BCUT2D eigenvalue weighted by molar-refractivity contribution is 5.46. The summed E-state index contributed by atoms with van der Waals surface area (Å²) >= 11 is 0. The summed E-state index contributed by atoms with van der Waals surface area (Å²) in [7, 11) is 0. The van der Waals surface area contributed by atoms with Gasteiger partial charge in [-0.2, -0.15) is 10.1 Å². The number of pyridine rings is 1. The molecule has 0 saturated carbocycles. The van der Waals surface area contributed by atoms with Gasteiger partial charge in [0.1, 0.15) is 5.69 Å². The van der Waals surface area contributed by atoms with Crippen molar-refractivity contribution in [2.45, 2.75) is 19.2 Å². The number of morpholine rings is 1. The van der Waals surface area contributed by atoms with Crippen molar-refractivity contribution in [2.75, 3.05) is 19.7 Å². The van der Waals surface area contributed by atoms with Crippen LogP contribution in [0.5, 0.6) is 0 Å². The van der Waals surface area contributed by atoms with Crippen LogP contribution in [-0.2, 0) is 17.8 Å². The molecule has 0 amide bonds. The Morgan fingerprint density at radius 1 is 1.21 bits per heavy atom. The molecule has 3 aromatic heterocycles. The summed E-state index contributed by atoms with van der Waals surface area (Å²) < 4.78 is 13.1. The predicted octanol–water partition coefficient (Wildman–Crippen LogP) is 1.23. The van der Waals surface area contributed by atoms with Gasteiger partial charge in [-0.15, -0.1) is 0 Å². The van der Waals surface area contributed by atoms with Crippen molar-refractivity contribution in [1.82, 2.24) is 29.8 Å². The van der Waals surface area contributed by atoms with Gasteiger partial charge in [0.2, 0.25) is 11.7 Å². The van der Waals surface area contributed by atoms with Crippen molar-refractivity contribution in [3.63, 3.8) is 0 Å². The van der Waals surface area contributed by atoms with Crippen LogP contribution in [-0.4, -0.2) is 55.6 Å².